The zero-order valence-corrected chi connectivity index (χ0v) is 38.0. The predicted octanol–water partition coefficient (Wildman–Crippen LogP) is 13.7. The Morgan fingerprint density at radius 3 is 1.62 bits per heavy atom. The number of carbonyl (C=O) groups excluding carboxylic acids is 3. The molecule has 0 spiro atoms. The van der Waals surface area contributed by atoms with E-state index in [0.29, 0.717) is 25.7 Å². The first-order chi connectivity index (χ1) is 28.1. The molecule has 2 atom stereocenters. The summed E-state index contributed by atoms with van der Waals surface area (Å²) in [6, 6.07) is 0. The Morgan fingerprint density at radius 2 is 1.07 bits per heavy atom. The van der Waals surface area contributed by atoms with Crippen molar-refractivity contribution in [1.82, 2.24) is 0 Å². The summed E-state index contributed by atoms with van der Waals surface area (Å²) in [6.07, 6.45) is 46.8. The second-order valence-corrected chi connectivity index (χ2v) is 17.3. The Balaban J connectivity index is 3.95. The van der Waals surface area contributed by atoms with E-state index >= 15 is 0 Å². The van der Waals surface area contributed by atoms with Gasteiger partial charge in [-0.2, -0.15) is 0 Å². The fourth-order valence-electron chi connectivity index (χ4n) is 6.47. The van der Waals surface area contributed by atoms with Gasteiger partial charge >= 0.3 is 19.8 Å². The third-order valence-electron chi connectivity index (χ3n) is 10.4. The summed E-state index contributed by atoms with van der Waals surface area (Å²) in [5.74, 6) is 0.0806. The SMILES string of the molecule is CCCCCC(=O)/C=C/C=C\C/C=C\C/C=C\CCCC(=O)O[C@H](COC(=O)CCCCCCCCCCCCCCCCCCCCC(C)CC)COP(=O)(O)O. The normalized spacial score (nSPS) is 13.3. The van der Waals surface area contributed by atoms with Gasteiger partial charge in [-0.05, 0) is 50.5 Å². The van der Waals surface area contributed by atoms with Crippen LogP contribution in [-0.4, -0.2) is 46.8 Å². The Labute approximate surface area is 354 Å². The maximum atomic E-state index is 12.4. The molecular weight excluding hydrogens is 751 g/mol. The number of ketones is 1. The van der Waals surface area contributed by atoms with Gasteiger partial charge in [-0.25, -0.2) is 4.57 Å². The minimum absolute atomic E-state index is 0.110. The lowest BCUT2D eigenvalue weighted by Crippen LogP contribution is -2.29. The largest absolute Gasteiger partial charge is 0.469 e. The van der Waals surface area contributed by atoms with Gasteiger partial charge < -0.3 is 19.3 Å². The van der Waals surface area contributed by atoms with Crippen LogP contribution in [0.15, 0.2) is 48.6 Å². The van der Waals surface area contributed by atoms with Gasteiger partial charge in [0.1, 0.15) is 6.61 Å². The molecule has 0 radical (unpaired) electrons. The number of hydrogen-bond acceptors (Lipinski definition) is 7. The van der Waals surface area contributed by atoms with E-state index in [4.69, 9.17) is 19.3 Å². The number of allylic oxidation sites excluding steroid dienone is 8. The molecule has 0 amide bonds. The van der Waals surface area contributed by atoms with Crippen molar-refractivity contribution in [2.45, 2.75) is 219 Å². The lowest BCUT2D eigenvalue weighted by molar-refractivity contribution is -0.161. The van der Waals surface area contributed by atoms with Gasteiger partial charge in [-0.15, -0.1) is 0 Å². The van der Waals surface area contributed by atoms with E-state index in [1.165, 1.54) is 103 Å². The summed E-state index contributed by atoms with van der Waals surface area (Å²) < 4.78 is 26.4. The van der Waals surface area contributed by atoms with Crippen LogP contribution in [0.4, 0.5) is 0 Å². The molecule has 0 aromatic heterocycles. The van der Waals surface area contributed by atoms with E-state index in [-0.39, 0.29) is 25.2 Å². The van der Waals surface area contributed by atoms with E-state index < -0.39 is 32.5 Å². The van der Waals surface area contributed by atoms with E-state index in [2.05, 4.69) is 25.3 Å². The smallest absolute Gasteiger partial charge is 0.462 e. The number of hydrogen-bond donors (Lipinski definition) is 2. The molecular formula is C48H85O9P. The average Bonchev–Trinajstić information content (AvgIpc) is 3.19. The summed E-state index contributed by atoms with van der Waals surface area (Å²) in [4.78, 5) is 54.6. The Hall–Kier alpha value is -2.32. The Morgan fingerprint density at radius 1 is 0.569 bits per heavy atom. The van der Waals surface area contributed by atoms with Crippen LogP contribution in [0.25, 0.3) is 0 Å². The summed E-state index contributed by atoms with van der Waals surface area (Å²) in [5.41, 5.74) is 0. The Bertz CT molecular complexity index is 1160. The van der Waals surface area contributed by atoms with Crippen LogP contribution in [0, 0.1) is 5.92 Å². The maximum absolute atomic E-state index is 12.4. The second kappa shape index (κ2) is 41.4. The van der Waals surface area contributed by atoms with E-state index in [9.17, 15) is 18.9 Å². The predicted molar refractivity (Wildman–Crippen MR) is 239 cm³/mol. The number of phosphoric acid groups is 1. The van der Waals surface area contributed by atoms with Crippen LogP contribution >= 0.6 is 7.82 Å². The standard InChI is InChI=1S/C48H85O9P/c1-4-6-32-38-45(49)39-34-29-25-21-17-15-19-23-27-31-36-41-48(51)57-46(43-56-58(52,53)54)42-55-47(50)40-35-30-26-22-18-14-12-10-8-7-9-11-13-16-20-24-28-33-37-44(3)5-2/h15,17,23,25,27,29,34,39,44,46H,4-14,16,18-22,24,26,28,30-33,35-38,40-43H2,1-3H3,(H2,52,53,54)/b17-15-,27-23-,29-25-,39-34+/t44?,46-/m1/s1. The Kier molecular flexibility index (Phi) is 39.8. The number of ether oxygens (including phenoxy) is 2. The summed E-state index contributed by atoms with van der Waals surface area (Å²) in [5, 5.41) is 0. The molecule has 0 saturated carbocycles. The molecule has 0 bridgehead atoms. The molecule has 2 N–H and O–H groups in total. The van der Waals surface area contributed by atoms with Crippen LogP contribution in [0.2, 0.25) is 0 Å². The minimum atomic E-state index is -4.79. The molecule has 0 rings (SSSR count). The van der Waals surface area contributed by atoms with E-state index in [1.54, 1.807) is 12.2 Å². The minimum Gasteiger partial charge on any atom is -0.462 e. The third-order valence-corrected chi connectivity index (χ3v) is 10.9. The first-order valence-electron chi connectivity index (χ1n) is 23.3. The highest BCUT2D eigenvalue weighted by molar-refractivity contribution is 7.46. The van der Waals surface area contributed by atoms with Gasteiger partial charge in [-0.3, -0.25) is 18.9 Å². The van der Waals surface area contributed by atoms with Crippen molar-refractivity contribution in [1.29, 1.82) is 0 Å². The van der Waals surface area contributed by atoms with Crippen molar-refractivity contribution in [3.63, 3.8) is 0 Å². The monoisotopic (exact) mass is 837 g/mol. The zero-order valence-electron chi connectivity index (χ0n) is 37.1. The fourth-order valence-corrected chi connectivity index (χ4v) is 6.83. The first-order valence-corrected chi connectivity index (χ1v) is 24.8. The molecule has 0 aliphatic heterocycles. The fraction of sp³-hybridized carbons (Fsp3) is 0.771. The van der Waals surface area contributed by atoms with E-state index in [1.807, 2.05) is 36.5 Å². The van der Waals surface area contributed by atoms with Crippen LogP contribution < -0.4 is 0 Å². The van der Waals surface area contributed by atoms with E-state index in [0.717, 1.165) is 57.3 Å². The van der Waals surface area contributed by atoms with Gasteiger partial charge in [0.05, 0.1) is 6.61 Å². The molecule has 10 heteroatoms. The molecule has 0 aromatic carbocycles. The lowest BCUT2D eigenvalue weighted by atomic mass is 9.99. The van der Waals surface area contributed by atoms with Gasteiger partial charge in [0.25, 0.3) is 0 Å². The van der Waals surface area contributed by atoms with Crippen LogP contribution in [0.1, 0.15) is 213 Å². The molecule has 0 aliphatic carbocycles. The average molecular weight is 837 g/mol. The molecule has 0 fully saturated rings. The van der Waals surface area contributed by atoms with Crippen LogP contribution in [0.5, 0.6) is 0 Å². The van der Waals surface area contributed by atoms with Crippen molar-refractivity contribution in [3.05, 3.63) is 48.6 Å². The zero-order chi connectivity index (χ0) is 42.8. The van der Waals surface area contributed by atoms with Gasteiger partial charge in [0.15, 0.2) is 11.9 Å². The summed E-state index contributed by atoms with van der Waals surface area (Å²) >= 11 is 0. The third kappa shape index (κ3) is 43.3. The van der Waals surface area contributed by atoms with Crippen molar-refractivity contribution in [2.24, 2.45) is 5.92 Å². The van der Waals surface area contributed by atoms with Crippen molar-refractivity contribution in [2.75, 3.05) is 13.2 Å². The van der Waals surface area contributed by atoms with Crippen molar-refractivity contribution < 1.29 is 42.7 Å². The highest BCUT2D eigenvalue weighted by Gasteiger charge is 2.22. The summed E-state index contributed by atoms with van der Waals surface area (Å²) in [7, 11) is -4.79. The molecule has 0 saturated heterocycles. The topological polar surface area (TPSA) is 136 Å². The van der Waals surface area contributed by atoms with Crippen LogP contribution in [-0.2, 0) is 32.9 Å². The van der Waals surface area contributed by atoms with Gasteiger partial charge in [-0.1, -0.05) is 198 Å². The highest BCUT2D eigenvalue weighted by Crippen LogP contribution is 2.36. The number of unbranched alkanes of at least 4 members (excludes halogenated alkanes) is 20. The number of rotatable bonds is 42. The first kappa shape index (κ1) is 55.7. The quantitative estimate of drug-likeness (QED) is 0.0154. The van der Waals surface area contributed by atoms with Crippen molar-refractivity contribution in [3.8, 4) is 0 Å². The molecule has 0 aromatic rings. The van der Waals surface area contributed by atoms with Gasteiger partial charge in [0.2, 0.25) is 0 Å². The highest BCUT2D eigenvalue weighted by atomic mass is 31.2. The second-order valence-electron chi connectivity index (χ2n) is 16.0. The summed E-state index contributed by atoms with van der Waals surface area (Å²) in [6.45, 7) is 5.89. The molecule has 0 heterocycles. The molecule has 1 unspecified atom stereocenters. The number of esters is 2. The number of carbonyl (C=O) groups is 3. The molecule has 336 valence electrons. The molecule has 9 nitrogen and oxygen atoms in total. The number of phosphoric ester groups is 1. The maximum Gasteiger partial charge on any atom is 0.469 e. The lowest BCUT2D eigenvalue weighted by Gasteiger charge is -2.18. The van der Waals surface area contributed by atoms with Crippen LogP contribution in [0.3, 0.4) is 0 Å². The molecule has 0 aliphatic rings. The van der Waals surface area contributed by atoms with Crippen molar-refractivity contribution >= 4 is 25.5 Å². The van der Waals surface area contributed by atoms with Gasteiger partial charge in [0, 0.05) is 19.3 Å². The molecule has 58 heavy (non-hydrogen) atoms.